The van der Waals surface area contributed by atoms with E-state index in [0.29, 0.717) is 18.8 Å². The number of hydrogen-bond acceptors (Lipinski definition) is 5. The summed E-state index contributed by atoms with van der Waals surface area (Å²) >= 11 is 0. The van der Waals surface area contributed by atoms with Gasteiger partial charge in [0.05, 0.1) is 19.4 Å². The molecular formula is C26H40N2O4Si. The number of rotatable bonds is 8. The number of amides is 1. The van der Waals surface area contributed by atoms with Gasteiger partial charge in [0, 0.05) is 12.2 Å². The summed E-state index contributed by atoms with van der Waals surface area (Å²) in [7, 11) is -0.129. The average Bonchev–Trinajstić information content (AvgIpc) is 2.69. The minimum Gasteiger partial charge on any atom is -0.495 e. The Morgan fingerprint density at radius 3 is 2.09 bits per heavy atom. The fraction of sp³-hybridized carbons (Fsp3) is 0.500. The maximum Gasteiger partial charge on any atom is 0.412 e. The highest BCUT2D eigenvalue weighted by molar-refractivity contribution is 6.74. The van der Waals surface area contributed by atoms with Crippen molar-refractivity contribution < 1.29 is 18.7 Å². The van der Waals surface area contributed by atoms with Crippen LogP contribution < -0.4 is 15.4 Å². The molecule has 0 heterocycles. The molecule has 182 valence electrons. The van der Waals surface area contributed by atoms with Gasteiger partial charge in [-0.15, -0.1) is 0 Å². The first-order chi connectivity index (χ1) is 15.2. The monoisotopic (exact) mass is 472 g/mol. The highest BCUT2D eigenvalue weighted by atomic mass is 28.4. The zero-order valence-electron chi connectivity index (χ0n) is 21.6. The predicted octanol–water partition coefficient (Wildman–Crippen LogP) is 7.18. The Kier molecular flexibility index (Phi) is 8.60. The van der Waals surface area contributed by atoms with Crippen molar-refractivity contribution in [1.29, 1.82) is 0 Å². The summed E-state index contributed by atoms with van der Waals surface area (Å²) in [4.78, 5) is 11.9. The zero-order chi connectivity index (χ0) is 24.9. The van der Waals surface area contributed by atoms with Gasteiger partial charge in [0.25, 0.3) is 0 Å². The molecule has 7 heteroatoms. The van der Waals surface area contributed by atoms with E-state index in [1.165, 1.54) is 0 Å². The maximum absolute atomic E-state index is 11.9. The maximum atomic E-state index is 11.9. The van der Waals surface area contributed by atoms with Gasteiger partial charge in [-0.2, -0.15) is 0 Å². The lowest BCUT2D eigenvalue weighted by Crippen LogP contribution is -2.40. The van der Waals surface area contributed by atoms with Crippen LogP contribution in [0.3, 0.4) is 0 Å². The Morgan fingerprint density at radius 2 is 1.55 bits per heavy atom. The lowest BCUT2D eigenvalue weighted by atomic mass is 10.1. The number of methoxy groups -OCH3 is 1. The molecule has 0 unspecified atom stereocenters. The van der Waals surface area contributed by atoms with E-state index in [-0.39, 0.29) is 5.04 Å². The van der Waals surface area contributed by atoms with Crippen molar-refractivity contribution in [2.75, 3.05) is 17.7 Å². The van der Waals surface area contributed by atoms with E-state index in [1.54, 1.807) is 7.11 Å². The molecule has 0 radical (unpaired) electrons. The van der Waals surface area contributed by atoms with Gasteiger partial charge in [-0.05, 0) is 74.3 Å². The molecule has 2 N–H and O–H groups in total. The number of benzene rings is 2. The first-order valence-corrected chi connectivity index (χ1v) is 14.2. The van der Waals surface area contributed by atoms with E-state index < -0.39 is 20.0 Å². The third-order valence-electron chi connectivity index (χ3n) is 5.75. The molecule has 0 atom stereocenters. The van der Waals surface area contributed by atoms with Crippen LogP contribution in [0.4, 0.5) is 16.2 Å². The number of hydrogen-bond donors (Lipinski definition) is 2. The van der Waals surface area contributed by atoms with E-state index in [0.717, 1.165) is 22.6 Å². The third kappa shape index (κ3) is 8.40. The highest BCUT2D eigenvalue weighted by Crippen LogP contribution is 2.37. The van der Waals surface area contributed by atoms with Gasteiger partial charge in [-0.3, -0.25) is 5.32 Å². The van der Waals surface area contributed by atoms with E-state index >= 15 is 0 Å². The van der Waals surface area contributed by atoms with Crippen LogP contribution in [-0.4, -0.2) is 27.1 Å². The number of ether oxygens (including phenoxy) is 2. The molecule has 2 rings (SSSR count). The van der Waals surface area contributed by atoms with Gasteiger partial charge in [0.2, 0.25) is 0 Å². The van der Waals surface area contributed by atoms with Gasteiger partial charge >= 0.3 is 6.09 Å². The molecule has 0 bridgehead atoms. The van der Waals surface area contributed by atoms with E-state index in [1.807, 2.05) is 57.2 Å². The molecule has 0 spiro atoms. The van der Waals surface area contributed by atoms with Gasteiger partial charge in [0.1, 0.15) is 11.4 Å². The van der Waals surface area contributed by atoms with Crippen molar-refractivity contribution in [1.82, 2.24) is 0 Å². The van der Waals surface area contributed by atoms with Crippen LogP contribution in [0, 0.1) is 0 Å². The van der Waals surface area contributed by atoms with E-state index in [9.17, 15) is 4.79 Å². The van der Waals surface area contributed by atoms with Gasteiger partial charge < -0.3 is 19.2 Å². The van der Waals surface area contributed by atoms with Crippen LogP contribution in [0.25, 0.3) is 0 Å². The second-order valence-corrected chi connectivity index (χ2v) is 15.6. The molecule has 2 aromatic carbocycles. The molecule has 0 saturated heterocycles. The van der Waals surface area contributed by atoms with Gasteiger partial charge in [-0.1, -0.05) is 39.0 Å². The summed E-state index contributed by atoms with van der Waals surface area (Å²) in [5, 5.41) is 6.35. The summed E-state index contributed by atoms with van der Waals surface area (Å²) in [6, 6.07) is 13.8. The minimum atomic E-state index is -1.81. The first-order valence-electron chi connectivity index (χ1n) is 11.3. The van der Waals surface area contributed by atoms with E-state index in [4.69, 9.17) is 13.9 Å². The standard InChI is InChI=1S/C26H40N2O4Si/c1-25(2,3)32-24(29)28-21-13-10-19(11-14-21)17-27-22-15-12-20(16-23(22)30-7)18-31-33(8,9)26(4,5)6/h10-16,27H,17-18H2,1-9H3,(H,28,29). The molecule has 33 heavy (non-hydrogen) atoms. The Morgan fingerprint density at radius 1 is 0.939 bits per heavy atom. The van der Waals surface area contributed by atoms with Crippen LogP contribution in [0.5, 0.6) is 5.75 Å². The van der Waals surface area contributed by atoms with Crippen molar-refractivity contribution in [2.24, 2.45) is 0 Å². The van der Waals surface area contributed by atoms with Crippen molar-refractivity contribution >= 4 is 25.8 Å². The Hall–Kier alpha value is -2.51. The molecule has 0 aromatic heterocycles. The van der Waals surface area contributed by atoms with Crippen molar-refractivity contribution in [3.05, 3.63) is 53.6 Å². The third-order valence-corrected chi connectivity index (χ3v) is 10.2. The topological polar surface area (TPSA) is 68.8 Å². The van der Waals surface area contributed by atoms with Crippen LogP contribution in [0.2, 0.25) is 18.1 Å². The molecule has 0 aliphatic carbocycles. The summed E-state index contributed by atoms with van der Waals surface area (Å²) in [6.45, 7) is 18.0. The summed E-state index contributed by atoms with van der Waals surface area (Å²) in [6.07, 6.45) is -0.462. The molecular weight excluding hydrogens is 432 g/mol. The fourth-order valence-electron chi connectivity index (χ4n) is 2.78. The Labute approximate surface area is 200 Å². The molecule has 0 saturated carbocycles. The molecule has 6 nitrogen and oxygen atoms in total. The lowest BCUT2D eigenvalue weighted by Gasteiger charge is -2.36. The average molecular weight is 473 g/mol. The summed E-state index contributed by atoms with van der Waals surface area (Å²) in [5.74, 6) is 0.787. The number of carbonyl (C=O) groups is 1. The lowest BCUT2D eigenvalue weighted by molar-refractivity contribution is 0.0636. The van der Waals surface area contributed by atoms with E-state index in [2.05, 4.69) is 50.6 Å². The molecule has 0 aliphatic rings. The fourth-order valence-corrected chi connectivity index (χ4v) is 3.74. The minimum absolute atomic E-state index is 0.177. The smallest absolute Gasteiger partial charge is 0.412 e. The Balaban J connectivity index is 1.96. The normalized spacial score (nSPS) is 12.3. The molecule has 0 aliphatic heterocycles. The molecule has 0 fully saturated rings. The first kappa shape index (κ1) is 26.7. The molecule has 1 amide bonds. The van der Waals surface area contributed by atoms with Crippen molar-refractivity contribution in [3.8, 4) is 5.75 Å². The highest BCUT2D eigenvalue weighted by Gasteiger charge is 2.37. The SMILES string of the molecule is COc1cc(CO[Si](C)(C)C(C)(C)C)ccc1NCc1ccc(NC(=O)OC(C)(C)C)cc1. The van der Waals surface area contributed by atoms with Crippen LogP contribution >= 0.6 is 0 Å². The van der Waals surface area contributed by atoms with Crippen molar-refractivity contribution in [3.63, 3.8) is 0 Å². The number of nitrogens with one attached hydrogen (secondary N) is 2. The summed E-state index contributed by atoms with van der Waals surface area (Å²) in [5.41, 5.74) is 3.26. The Bertz CT molecular complexity index is 929. The van der Waals surface area contributed by atoms with Crippen LogP contribution in [0.15, 0.2) is 42.5 Å². The van der Waals surface area contributed by atoms with Gasteiger partial charge in [-0.25, -0.2) is 4.79 Å². The quantitative estimate of drug-likeness (QED) is 0.398. The second kappa shape index (κ2) is 10.6. The summed E-state index contributed by atoms with van der Waals surface area (Å²) < 4.78 is 17.2. The number of anilines is 2. The second-order valence-electron chi connectivity index (χ2n) is 10.8. The largest absolute Gasteiger partial charge is 0.495 e. The van der Waals surface area contributed by atoms with Crippen LogP contribution in [-0.2, 0) is 22.3 Å². The zero-order valence-corrected chi connectivity index (χ0v) is 22.6. The van der Waals surface area contributed by atoms with Crippen LogP contribution in [0.1, 0.15) is 52.7 Å². The van der Waals surface area contributed by atoms with Crippen molar-refractivity contribution in [2.45, 2.75) is 78.4 Å². The molecule has 2 aromatic rings. The number of carbonyl (C=O) groups excluding carboxylic acids is 1. The van der Waals surface area contributed by atoms with Gasteiger partial charge in [0.15, 0.2) is 8.32 Å². The predicted molar refractivity (Wildman–Crippen MR) is 139 cm³/mol.